The SMILES string of the molecule is COc1cc2sc(NC(=O)COc3ccc(Br)cc3)nc2cc1Cl. The van der Waals surface area contributed by atoms with E-state index in [1.54, 1.807) is 31.4 Å². The minimum atomic E-state index is -0.282. The van der Waals surface area contributed by atoms with Crippen LogP contribution in [0.4, 0.5) is 5.13 Å². The lowest BCUT2D eigenvalue weighted by Gasteiger charge is -2.05. The number of rotatable bonds is 5. The Morgan fingerprint density at radius 1 is 1.33 bits per heavy atom. The van der Waals surface area contributed by atoms with E-state index in [9.17, 15) is 4.79 Å². The van der Waals surface area contributed by atoms with Crippen molar-refractivity contribution < 1.29 is 14.3 Å². The Balaban J connectivity index is 1.65. The van der Waals surface area contributed by atoms with Crippen LogP contribution in [0.5, 0.6) is 11.5 Å². The predicted octanol–water partition coefficient (Wildman–Crippen LogP) is 4.74. The van der Waals surface area contributed by atoms with Crippen LogP contribution in [0.2, 0.25) is 5.02 Å². The highest BCUT2D eigenvalue weighted by Crippen LogP contribution is 2.34. The van der Waals surface area contributed by atoms with E-state index in [1.807, 2.05) is 12.1 Å². The van der Waals surface area contributed by atoms with Crippen molar-refractivity contribution in [1.29, 1.82) is 0 Å². The molecule has 24 heavy (non-hydrogen) atoms. The third kappa shape index (κ3) is 3.98. The summed E-state index contributed by atoms with van der Waals surface area (Å²) in [6.45, 7) is -0.0956. The molecule has 1 amide bonds. The number of anilines is 1. The number of nitrogens with zero attached hydrogens (tertiary/aromatic N) is 1. The first kappa shape index (κ1) is 17.0. The van der Waals surface area contributed by atoms with Gasteiger partial charge in [-0.1, -0.05) is 38.9 Å². The summed E-state index contributed by atoms with van der Waals surface area (Å²) in [4.78, 5) is 16.3. The van der Waals surface area contributed by atoms with Gasteiger partial charge in [-0.15, -0.1) is 0 Å². The fourth-order valence-electron chi connectivity index (χ4n) is 1.97. The van der Waals surface area contributed by atoms with E-state index >= 15 is 0 Å². The molecule has 3 rings (SSSR count). The highest BCUT2D eigenvalue weighted by atomic mass is 79.9. The number of nitrogens with one attached hydrogen (secondary N) is 1. The lowest BCUT2D eigenvalue weighted by Crippen LogP contribution is -2.19. The Bertz CT molecular complexity index is 883. The average molecular weight is 428 g/mol. The standard InChI is InChI=1S/C16H12BrClN2O3S/c1-22-13-7-14-12(6-11(13)18)19-16(24-14)20-15(21)8-23-10-4-2-9(17)3-5-10/h2-7H,8H2,1H3,(H,19,20,21). The van der Waals surface area contributed by atoms with Crippen molar-refractivity contribution in [3.63, 3.8) is 0 Å². The maximum atomic E-state index is 12.0. The van der Waals surface area contributed by atoms with Gasteiger partial charge < -0.3 is 9.47 Å². The second-order valence-electron chi connectivity index (χ2n) is 4.76. The van der Waals surface area contributed by atoms with Crippen molar-refractivity contribution in [1.82, 2.24) is 4.98 Å². The summed E-state index contributed by atoms with van der Waals surface area (Å²) in [6.07, 6.45) is 0. The van der Waals surface area contributed by atoms with E-state index in [1.165, 1.54) is 11.3 Å². The van der Waals surface area contributed by atoms with Crippen LogP contribution in [-0.2, 0) is 4.79 Å². The lowest BCUT2D eigenvalue weighted by atomic mass is 10.3. The summed E-state index contributed by atoms with van der Waals surface area (Å²) in [5.41, 5.74) is 0.704. The van der Waals surface area contributed by atoms with Gasteiger partial charge in [0.15, 0.2) is 11.7 Å². The van der Waals surface area contributed by atoms with Crippen LogP contribution in [0, 0.1) is 0 Å². The molecule has 0 saturated carbocycles. The lowest BCUT2D eigenvalue weighted by molar-refractivity contribution is -0.118. The number of hydrogen-bond acceptors (Lipinski definition) is 5. The van der Waals surface area contributed by atoms with E-state index in [0.29, 0.717) is 27.2 Å². The van der Waals surface area contributed by atoms with Crippen molar-refractivity contribution in [2.24, 2.45) is 0 Å². The van der Waals surface area contributed by atoms with Gasteiger partial charge in [0.05, 0.1) is 22.3 Å². The number of hydrogen-bond donors (Lipinski definition) is 1. The smallest absolute Gasteiger partial charge is 0.264 e. The van der Waals surface area contributed by atoms with Crippen LogP contribution in [0.15, 0.2) is 40.9 Å². The maximum Gasteiger partial charge on any atom is 0.264 e. The molecule has 0 unspecified atom stereocenters. The minimum Gasteiger partial charge on any atom is -0.495 e. The number of aromatic nitrogens is 1. The monoisotopic (exact) mass is 426 g/mol. The molecule has 5 nitrogen and oxygen atoms in total. The number of methoxy groups -OCH3 is 1. The molecular weight excluding hydrogens is 416 g/mol. The first-order valence-corrected chi connectivity index (χ1v) is 8.86. The molecular formula is C16H12BrClN2O3S. The Morgan fingerprint density at radius 3 is 2.79 bits per heavy atom. The van der Waals surface area contributed by atoms with Crippen LogP contribution in [0.3, 0.4) is 0 Å². The molecule has 2 aromatic carbocycles. The van der Waals surface area contributed by atoms with Gasteiger partial charge >= 0.3 is 0 Å². The Hall–Kier alpha value is -1.83. The number of ether oxygens (including phenoxy) is 2. The van der Waals surface area contributed by atoms with Crippen molar-refractivity contribution in [3.8, 4) is 11.5 Å². The average Bonchev–Trinajstić information content (AvgIpc) is 2.94. The quantitative estimate of drug-likeness (QED) is 0.639. The van der Waals surface area contributed by atoms with Crippen LogP contribution >= 0.6 is 38.9 Å². The fraction of sp³-hybridized carbons (Fsp3) is 0.125. The van der Waals surface area contributed by atoms with E-state index < -0.39 is 0 Å². The summed E-state index contributed by atoms with van der Waals surface area (Å²) >= 11 is 10.8. The number of carbonyl (C=O) groups excluding carboxylic acids is 1. The van der Waals surface area contributed by atoms with Gasteiger partial charge in [0.1, 0.15) is 11.5 Å². The van der Waals surface area contributed by atoms with E-state index in [2.05, 4.69) is 26.2 Å². The number of halogens is 2. The van der Waals surface area contributed by atoms with Gasteiger partial charge in [0.25, 0.3) is 5.91 Å². The Morgan fingerprint density at radius 2 is 2.08 bits per heavy atom. The van der Waals surface area contributed by atoms with Gasteiger partial charge in [-0.2, -0.15) is 0 Å². The number of fused-ring (bicyclic) bond motifs is 1. The van der Waals surface area contributed by atoms with Crippen LogP contribution in [-0.4, -0.2) is 24.6 Å². The molecule has 0 bridgehead atoms. The first-order chi connectivity index (χ1) is 11.5. The van der Waals surface area contributed by atoms with Crippen LogP contribution in [0.25, 0.3) is 10.2 Å². The van der Waals surface area contributed by atoms with Crippen LogP contribution in [0.1, 0.15) is 0 Å². The third-order valence-electron chi connectivity index (χ3n) is 3.09. The summed E-state index contributed by atoms with van der Waals surface area (Å²) in [7, 11) is 1.55. The molecule has 0 radical (unpaired) electrons. The summed E-state index contributed by atoms with van der Waals surface area (Å²) < 4.78 is 12.4. The molecule has 0 aliphatic rings. The molecule has 0 aliphatic heterocycles. The van der Waals surface area contributed by atoms with Crippen LogP contribution < -0.4 is 14.8 Å². The number of amides is 1. The van der Waals surface area contributed by atoms with Gasteiger partial charge in [0.2, 0.25) is 0 Å². The molecule has 1 N–H and O–H groups in total. The molecule has 1 heterocycles. The Kier molecular flexibility index (Phi) is 5.23. The van der Waals surface area contributed by atoms with Crippen molar-refractivity contribution >= 4 is 60.1 Å². The maximum absolute atomic E-state index is 12.0. The number of thiazole rings is 1. The van der Waals surface area contributed by atoms with Gasteiger partial charge in [-0.05, 0) is 30.3 Å². The second kappa shape index (κ2) is 7.38. The third-order valence-corrected chi connectivity index (χ3v) is 4.85. The molecule has 0 fully saturated rings. The topological polar surface area (TPSA) is 60.5 Å². The summed E-state index contributed by atoms with van der Waals surface area (Å²) in [5, 5.41) is 3.68. The molecule has 0 spiro atoms. The van der Waals surface area contributed by atoms with Gasteiger partial charge in [-0.3, -0.25) is 10.1 Å². The zero-order chi connectivity index (χ0) is 17.1. The zero-order valence-electron chi connectivity index (χ0n) is 12.5. The predicted molar refractivity (Wildman–Crippen MR) is 99.4 cm³/mol. The van der Waals surface area contributed by atoms with E-state index in [-0.39, 0.29) is 12.5 Å². The molecule has 124 valence electrons. The summed E-state index contributed by atoms with van der Waals surface area (Å²) in [5.74, 6) is 0.911. The normalized spacial score (nSPS) is 10.6. The highest BCUT2D eigenvalue weighted by Gasteiger charge is 2.11. The minimum absolute atomic E-state index is 0.0956. The molecule has 1 aromatic heterocycles. The van der Waals surface area contributed by atoms with Gasteiger partial charge in [-0.25, -0.2) is 4.98 Å². The van der Waals surface area contributed by atoms with Crippen molar-refractivity contribution in [2.45, 2.75) is 0 Å². The number of benzene rings is 2. The first-order valence-electron chi connectivity index (χ1n) is 6.87. The van der Waals surface area contributed by atoms with E-state index in [0.717, 1.165) is 9.17 Å². The molecule has 8 heteroatoms. The highest BCUT2D eigenvalue weighted by molar-refractivity contribution is 9.10. The van der Waals surface area contributed by atoms with Crippen molar-refractivity contribution in [2.75, 3.05) is 19.0 Å². The van der Waals surface area contributed by atoms with Crippen molar-refractivity contribution in [3.05, 3.63) is 45.9 Å². The summed E-state index contributed by atoms with van der Waals surface area (Å²) in [6, 6.07) is 10.8. The molecule has 0 atom stereocenters. The fourth-order valence-corrected chi connectivity index (χ4v) is 3.37. The van der Waals surface area contributed by atoms with E-state index in [4.69, 9.17) is 21.1 Å². The molecule has 0 aliphatic carbocycles. The largest absolute Gasteiger partial charge is 0.495 e. The zero-order valence-corrected chi connectivity index (χ0v) is 15.7. The Labute approximate surface area is 155 Å². The number of carbonyl (C=O) groups is 1. The molecule has 3 aromatic rings. The van der Waals surface area contributed by atoms with Gasteiger partial charge in [0, 0.05) is 10.5 Å². The second-order valence-corrected chi connectivity index (χ2v) is 7.12. The molecule has 0 saturated heterocycles.